The Morgan fingerprint density at radius 3 is 2.61 bits per heavy atom. The number of nitrogens with zero attached hydrogens (tertiary/aromatic N) is 2. The van der Waals surface area contributed by atoms with Crippen LogP contribution >= 0.6 is 34.5 Å². The number of esters is 1. The number of anilines is 2. The normalized spacial score (nSPS) is 18.8. The summed E-state index contributed by atoms with van der Waals surface area (Å²) in [5.41, 5.74) is 1.34. The fourth-order valence-corrected chi connectivity index (χ4v) is 6.55. The molecule has 1 amide bonds. The lowest BCUT2D eigenvalue weighted by Crippen LogP contribution is -2.35. The van der Waals surface area contributed by atoms with E-state index in [1.54, 1.807) is 31.2 Å². The molecule has 3 aromatic rings. The summed E-state index contributed by atoms with van der Waals surface area (Å²) in [6.45, 7) is 1.85. The predicted octanol–water partition coefficient (Wildman–Crippen LogP) is 7.22. The first-order chi connectivity index (χ1) is 18.1. The second kappa shape index (κ2) is 10.4. The van der Waals surface area contributed by atoms with E-state index < -0.39 is 30.1 Å². The molecule has 0 bridgehead atoms. The number of carbonyl (C=O) groups excluding carboxylic acids is 2. The van der Waals surface area contributed by atoms with E-state index in [1.807, 2.05) is 0 Å². The molecule has 0 fully saturated rings. The number of aryl methyl sites for hydroxylation is 1. The van der Waals surface area contributed by atoms with E-state index in [4.69, 9.17) is 27.9 Å². The van der Waals surface area contributed by atoms with Gasteiger partial charge < -0.3 is 15.4 Å². The van der Waals surface area contributed by atoms with Crippen LogP contribution in [0.15, 0.2) is 24.3 Å². The van der Waals surface area contributed by atoms with Crippen molar-refractivity contribution in [2.24, 2.45) is 0 Å². The van der Waals surface area contributed by atoms with E-state index in [1.165, 1.54) is 11.3 Å². The Hall–Kier alpha value is -2.76. The van der Waals surface area contributed by atoms with Crippen molar-refractivity contribution >= 4 is 57.2 Å². The van der Waals surface area contributed by atoms with E-state index in [9.17, 15) is 22.8 Å². The highest BCUT2D eigenvalue weighted by Crippen LogP contribution is 2.46. The number of nitrogens with one attached hydrogen (secondary N) is 2. The number of hydrogen-bond acceptors (Lipinski definition) is 6. The number of halogens is 5. The van der Waals surface area contributed by atoms with Crippen LogP contribution in [0.2, 0.25) is 10.0 Å². The van der Waals surface area contributed by atoms with Crippen molar-refractivity contribution in [3.63, 3.8) is 0 Å². The quantitative estimate of drug-likeness (QED) is 0.308. The molecule has 1 aliphatic carbocycles. The number of ether oxygens (including phenoxy) is 1. The van der Waals surface area contributed by atoms with Gasteiger partial charge >= 0.3 is 12.1 Å². The molecule has 5 rings (SSSR count). The van der Waals surface area contributed by atoms with Crippen LogP contribution in [0.5, 0.6) is 0 Å². The van der Waals surface area contributed by atoms with Crippen LogP contribution in [0, 0.1) is 0 Å². The van der Waals surface area contributed by atoms with Crippen LogP contribution in [0.25, 0.3) is 0 Å². The molecule has 13 heteroatoms. The summed E-state index contributed by atoms with van der Waals surface area (Å²) in [6, 6.07) is 3.70. The van der Waals surface area contributed by atoms with E-state index in [0.717, 1.165) is 34.4 Å². The van der Waals surface area contributed by atoms with E-state index >= 15 is 0 Å². The van der Waals surface area contributed by atoms with Gasteiger partial charge in [-0.15, -0.1) is 11.3 Å². The van der Waals surface area contributed by atoms with Gasteiger partial charge in [-0.25, -0.2) is 9.48 Å². The largest absolute Gasteiger partial charge is 0.462 e. The average Bonchev–Trinajstić information content (AvgIpc) is 3.40. The third-order valence-corrected chi connectivity index (χ3v) is 8.48. The van der Waals surface area contributed by atoms with Crippen molar-refractivity contribution in [2.45, 2.75) is 57.3 Å². The van der Waals surface area contributed by atoms with Gasteiger partial charge in [-0.1, -0.05) is 35.3 Å². The molecule has 0 saturated heterocycles. The number of amides is 1. The van der Waals surface area contributed by atoms with Gasteiger partial charge in [0.1, 0.15) is 15.8 Å². The standard InChI is InChI=1S/C25H23Cl2F3N4O3S/c1-2-37-24(36)18-14-5-3-4-6-16(14)38-23(18)32-22(35)20-19(27)21-31-15(12-7-9-13(26)10-8-12)11-17(25(28,29)30)34(21)33-20/h7-10,15,17,31H,2-6,11H2,1H3,(H,32,35)/t15-,17+/m0/s1. The maximum Gasteiger partial charge on any atom is 0.410 e. The fraction of sp³-hybridized carbons (Fsp3) is 0.400. The van der Waals surface area contributed by atoms with Crippen LogP contribution in [0.3, 0.4) is 0 Å². The highest BCUT2D eigenvalue weighted by atomic mass is 35.5. The zero-order valence-corrected chi connectivity index (χ0v) is 22.5. The summed E-state index contributed by atoms with van der Waals surface area (Å²) in [5, 5.41) is 10.2. The molecule has 0 unspecified atom stereocenters. The minimum Gasteiger partial charge on any atom is -0.462 e. The van der Waals surface area contributed by atoms with Crippen LogP contribution < -0.4 is 10.6 Å². The predicted molar refractivity (Wildman–Crippen MR) is 140 cm³/mol. The molecule has 3 heterocycles. The highest BCUT2D eigenvalue weighted by molar-refractivity contribution is 7.17. The zero-order chi connectivity index (χ0) is 27.2. The first-order valence-electron chi connectivity index (χ1n) is 12.1. The number of benzene rings is 1. The molecular formula is C25H23Cl2F3N4O3S. The van der Waals surface area contributed by atoms with Crippen molar-refractivity contribution in [2.75, 3.05) is 17.2 Å². The molecule has 202 valence electrons. The van der Waals surface area contributed by atoms with Gasteiger partial charge in [-0.05, 0) is 55.9 Å². The number of hydrogen-bond donors (Lipinski definition) is 2. The number of thiophene rings is 1. The van der Waals surface area contributed by atoms with Gasteiger partial charge in [0.15, 0.2) is 11.7 Å². The average molecular weight is 587 g/mol. The molecule has 0 saturated carbocycles. The zero-order valence-electron chi connectivity index (χ0n) is 20.1. The SMILES string of the molecule is CCOC(=O)c1c(NC(=O)c2nn3c(c2Cl)N[C@H](c2ccc(Cl)cc2)C[C@@H]3C(F)(F)F)sc2c1CCCC2. The van der Waals surface area contributed by atoms with Crippen molar-refractivity contribution < 1.29 is 27.5 Å². The second-order valence-corrected chi connectivity index (χ2v) is 11.0. The summed E-state index contributed by atoms with van der Waals surface area (Å²) in [4.78, 5) is 27.0. The number of aromatic nitrogens is 2. The Kier molecular flexibility index (Phi) is 7.36. The van der Waals surface area contributed by atoms with Crippen molar-refractivity contribution in [3.8, 4) is 0 Å². The first-order valence-corrected chi connectivity index (χ1v) is 13.7. The maximum absolute atomic E-state index is 14.1. The number of alkyl halides is 3. The van der Waals surface area contributed by atoms with Crippen LogP contribution in [0.1, 0.15) is 75.1 Å². The van der Waals surface area contributed by atoms with E-state index in [2.05, 4.69) is 15.7 Å². The van der Waals surface area contributed by atoms with Crippen molar-refractivity contribution in [1.82, 2.24) is 9.78 Å². The molecule has 1 aromatic carbocycles. The maximum atomic E-state index is 14.1. The van der Waals surface area contributed by atoms with Crippen molar-refractivity contribution in [3.05, 3.63) is 61.6 Å². The smallest absolute Gasteiger partial charge is 0.410 e. The molecular weight excluding hydrogens is 564 g/mol. The second-order valence-electron chi connectivity index (χ2n) is 9.09. The molecule has 2 atom stereocenters. The van der Waals surface area contributed by atoms with Crippen LogP contribution in [-0.4, -0.2) is 34.4 Å². The van der Waals surface area contributed by atoms with Gasteiger partial charge in [0.25, 0.3) is 5.91 Å². The summed E-state index contributed by atoms with van der Waals surface area (Å²) >= 11 is 13.7. The fourth-order valence-electron chi connectivity index (χ4n) is 4.88. The molecule has 7 nitrogen and oxygen atoms in total. The molecule has 38 heavy (non-hydrogen) atoms. The minimum absolute atomic E-state index is 0.110. The van der Waals surface area contributed by atoms with Gasteiger partial charge in [0.05, 0.1) is 18.2 Å². The lowest BCUT2D eigenvalue weighted by atomic mass is 9.95. The van der Waals surface area contributed by atoms with Gasteiger partial charge in [0, 0.05) is 16.3 Å². The lowest BCUT2D eigenvalue weighted by Gasteiger charge is -2.33. The molecule has 2 aromatic heterocycles. The monoisotopic (exact) mass is 586 g/mol. The number of fused-ring (bicyclic) bond motifs is 2. The van der Waals surface area contributed by atoms with Crippen molar-refractivity contribution in [1.29, 1.82) is 0 Å². The van der Waals surface area contributed by atoms with E-state index in [0.29, 0.717) is 17.0 Å². The Labute approximate surface area is 230 Å². The highest BCUT2D eigenvalue weighted by Gasteiger charge is 2.48. The summed E-state index contributed by atoms with van der Waals surface area (Å²) in [6.07, 6.45) is -1.69. The van der Waals surface area contributed by atoms with Crippen LogP contribution in [0.4, 0.5) is 24.0 Å². The summed E-state index contributed by atoms with van der Waals surface area (Å²) in [7, 11) is 0. The lowest BCUT2D eigenvalue weighted by molar-refractivity contribution is -0.173. The molecule has 0 spiro atoms. The third-order valence-electron chi connectivity index (χ3n) is 6.66. The Morgan fingerprint density at radius 2 is 1.92 bits per heavy atom. The third kappa shape index (κ3) is 4.99. The van der Waals surface area contributed by atoms with Gasteiger partial charge in [-0.2, -0.15) is 18.3 Å². The summed E-state index contributed by atoms with van der Waals surface area (Å²) < 4.78 is 48.2. The topological polar surface area (TPSA) is 85.2 Å². The van der Waals surface area contributed by atoms with Gasteiger partial charge in [0.2, 0.25) is 0 Å². The van der Waals surface area contributed by atoms with Crippen LogP contribution in [-0.2, 0) is 17.6 Å². The Bertz CT molecular complexity index is 1390. The van der Waals surface area contributed by atoms with Gasteiger partial charge in [-0.3, -0.25) is 4.79 Å². The summed E-state index contributed by atoms with van der Waals surface area (Å²) in [5.74, 6) is -1.48. The Morgan fingerprint density at radius 1 is 1.21 bits per heavy atom. The first kappa shape index (κ1) is 26.8. The molecule has 0 radical (unpaired) electrons. The number of carbonyl (C=O) groups is 2. The van der Waals surface area contributed by atoms with E-state index in [-0.39, 0.29) is 40.1 Å². The molecule has 2 aliphatic rings. The number of rotatable bonds is 5. The Balaban J connectivity index is 1.49. The molecule has 1 aliphatic heterocycles. The minimum atomic E-state index is -4.64. The molecule has 2 N–H and O–H groups in total.